The molecule has 0 atom stereocenters. The molecule has 0 radical (unpaired) electrons. The summed E-state index contributed by atoms with van der Waals surface area (Å²) < 4.78 is 11.9. The summed E-state index contributed by atoms with van der Waals surface area (Å²) in [5.74, 6) is 2.81. The molecule has 0 saturated carbocycles. The minimum atomic E-state index is -0.314. The van der Waals surface area contributed by atoms with E-state index in [2.05, 4.69) is 53.8 Å². The molecule has 0 aliphatic carbocycles. The van der Waals surface area contributed by atoms with Gasteiger partial charge in [-0.3, -0.25) is 9.69 Å². The largest absolute Gasteiger partial charge is 0.488 e. The van der Waals surface area contributed by atoms with Crippen LogP contribution in [0.2, 0.25) is 0 Å². The van der Waals surface area contributed by atoms with Crippen molar-refractivity contribution in [3.8, 4) is 23.0 Å². The molecule has 3 heterocycles. The number of carbonyl (C=O) groups excluding carboxylic acids is 1. The maximum atomic E-state index is 11.4. The summed E-state index contributed by atoms with van der Waals surface area (Å²) in [6.45, 7) is 11.8. The van der Waals surface area contributed by atoms with Crippen molar-refractivity contribution < 1.29 is 14.3 Å². The number of ether oxygens (including phenoxy) is 2. The molecule has 3 aromatic rings. The van der Waals surface area contributed by atoms with Gasteiger partial charge in [0.05, 0.1) is 30.5 Å². The Kier molecular flexibility index (Phi) is 8.23. The van der Waals surface area contributed by atoms with Gasteiger partial charge in [0.2, 0.25) is 11.8 Å². The van der Waals surface area contributed by atoms with Gasteiger partial charge in [0.15, 0.2) is 5.82 Å². The lowest BCUT2D eigenvalue weighted by atomic mass is 10.0. The third-order valence-corrected chi connectivity index (χ3v) is 6.70. The first-order valence-corrected chi connectivity index (χ1v) is 12.6. The number of nitrogens with two attached hydrogens (primary N) is 1. The Bertz CT molecular complexity index is 1250. The third-order valence-electron chi connectivity index (χ3n) is 6.70. The number of hydrogen-bond donors (Lipinski definition) is 1. The van der Waals surface area contributed by atoms with E-state index < -0.39 is 0 Å². The standard InChI is InChI=1S/C28H36N6O3/c1-18(2)21-9-8-19(3)24(15-21)37-17-23-20(4)31-26(22-7-6-10-30-28(22)36-5)32-27(23)34-13-11-33(12-14-34)16-25(29)35/h6-10,15,18H,11-14,16-17H2,1-5H3,(H2,29,35). The molecule has 0 bridgehead atoms. The second-order valence-electron chi connectivity index (χ2n) is 9.69. The molecule has 1 aromatic carbocycles. The number of benzene rings is 1. The zero-order valence-corrected chi connectivity index (χ0v) is 22.3. The quantitative estimate of drug-likeness (QED) is 0.472. The number of hydrogen-bond acceptors (Lipinski definition) is 8. The number of pyridine rings is 1. The van der Waals surface area contributed by atoms with Crippen LogP contribution in [0.1, 0.15) is 42.1 Å². The third kappa shape index (κ3) is 6.17. The zero-order chi connectivity index (χ0) is 26.5. The van der Waals surface area contributed by atoms with Crippen molar-refractivity contribution in [3.63, 3.8) is 0 Å². The van der Waals surface area contributed by atoms with Crippen LogP contribution in [0, 0.1) is 13.8 Å². The van der Waals surface area contributed by atoms with Crippen LogP contribution in [0.15, 0.2) is 36.5 Å². The molecule has 9 heteroatoms. The minimum absolute atomic E-state index is 0.260. The number of methoxy groups -OCH3 is 1. The predicted octanol–water partition coefficient (Wildman–Crippen LogP) is 3.47. The molecule has 37 heavy (non-hydrogen) atoms. The summed E-state index contributed by atoms with van der Waals surface area (Å²) in [5, 5.41) is 0. The molecule has 2 aromatic heterocycles. The van der Waals surface area contributed by atoms with Gasteiger partial charge in [0.25, 0.3) is 0 Å². The van der Waals surface area contributed by atoms with Crippen LogP contribution in [-0.4, -0.2) is 65.6 Å². The highest BCUT2D eigenvalue weighted by atomic mass is 16.5. The summed E-state index contributed by atoms with van der Waals surface area (Å²) in [7, 11) is 1.59. The summed E-state index contributed by atoms with van der Waals surface area (Å²) in [5.41, 5.74) is 10.2. The Morgan fingerprint density at radius 3 is 2.54 bits per heavy atom. The molecule has 9 nitrogen and oxygen atoms in total. The van der Waals surface area contributed by atoms with Gasteiger partial charge in [-0.05, 0) is 49.1 Å². The number of anilines is 1. The van der Waals surface area contributed by atoms with Gasteiger partial charge in [-0.25, -0.2) is 15.0 Å². The fourth-order valence-corrected chi connectivity index (χ4v) is 4.47. The van der Waals surface area contributed by atoms with Crippen molar-refractivity contribution in [2.75, 3.05) is 44.7 Å². The van der Waals surface area contributed by atoms with Crippen LogP contribution in [0.5, 0.6) is 11.6 Å². The SMILES string of the molecule is COc1ncccc1-c1nc(C)c(COc2cc(C(C)C)ccc2C)c(N2CCN(CC(N)=O)CC2)n1. The summed E-state index contributed by atoms with van der Waals surface area (Å²) in [4.78, 5) is 29.9. The average Bonchev–Trinajstić information content (AvgIpc) is 2.88. The van der Waals surface area contributed by atoms with E-state index in [1.165, 1.54) is 5.56 Å². The summed E-state index contributed by atoms with van der Waals surface area (Å²) >= 11 is 0. The highest BCUT2D eigenvalue weighted by Crippen LogP contribution is 2.32. The van der Waals surface area contributed by atoms with Gasteiger partial charge >= 0.3 is 0 Å². The van der Waals surface area contributed by atoms with Crippen molar-refractivity contribution in [2.24, 2.45) is 5.73 Å². The fraction of sp³-hybridized carbons (Fsp3) is 0.429. The number of carbonyl (C=O) groups is 1. The number of nitrogens with zero attached hydrogens (tertiary/aromatic N) is 5. The molecule has 0 spiro atoms. The van der Waals surface area contributed by atoms with Crippen LogP contribution in [0.25, 0.3) is 11.4 Å². The lowest BCUT2D eigenvalue weighted by Crippen LogP contribution is -2.49. The van der Waals surface area contributed by atoms with Crippen molar-refractivity contribution in [1.29, 1.82) is 0 Å². The molecular weight excluding hydrogens is 468 g/mol. The van der Waals surface area contributed by atoms with Crippen molar-refractivity contribution >= 4 is 11.7 Å². The summed E-state index contributed by atoms with van der Waals surface area (Å²) in [6.07, 6.45) is 1.68. The molecule has 0 unspecified atom stereocenters. The van der Waals surface area contributed by atoms with Crippen molar-refractivity contribution in [1.82, 2.24) is 19.9 Å². The molecule has 1 aliphatic heterocycles. The molecule has 196 valence electrons. The van der Waals surface area contributed by atoms with E-state index in [0.717, 1.165) is 34.0 Å². The van der Waals surface area contributed by atoms with E-state index in [4.69, 9.17) is 25.2 Å². The molecule has 4 rings (SSSR count). The van der Waals surface area contributed by atoms with Crippen LogP contribution in [-0.2, 0) is 11.4 Å². The van der Waals surface area contributed by atoms with E-state index >= 15 is 0 Å². The minimum Gasteiger partial charge on any atom is -0.488 e. The monoisotopic (exact) mass is 504 g/mol. The summed E-state index contributed by atoms with van der Waals surface area (Å²) in [6, 6.07) is 10.1. The van der Waals surface area contributed by atoms with Crippen LogP contribution < -0.4 is 20.1 Å². The number of piperazine rings is 1. The highest BCUT2D eigenvalue weighted by molar-refractivity contribution is 5.76. The maximum absolute atomic E-state index is 11.4. The first-order chi connectivity index (χ1) is 17.8. The second-order valence-corrected chi connectivity index (χ2v) is 9.69. The Labute approximate surface area is 218 Å². The Morgan fingerprint density at radius 1 is 1.11 bits per heavy atom. The Hall–Kier alpha value is -3.72. The molecule has 1 saturated heterocycles. The first kappa shape index (κ1) is 26.3. The molecule has 1 amide bonds. The number of amides is 1. The number of rotatable bonds is 9. The fourth-order valence-electron chi connectivity index (χ4n) is 4.47. The van der Waals surface area contributed by atoms with Crippen molar-refractivity contribution in [2.45, 2.75) is 40.2 Å². The van der Waals surface area contributed by atoms with Crippen LogP contribution in [0.3, 0.4) is 0 Å². The van der Waals surface area contributed by atoms with Gasteiger partial charge in [-0.2, -0.15) is 0 Å². The lowest BCUT2D eigenvalue weighted by Gasteiger charge is -2.36. The Balaban J connectivity index is 1.69. The van der Waals surface area contributed by atoms with Gasteiger partial charge in [-0.15, -0.1) is 0 Å². The van der Waals surface area contributed by atoms with Crippen molar-refractivity contribution in [3.05, 3.63) is 58.9 Å². The molecular formula is C28H36N6O3. The topological polar surface area (TPSA) is 107 Å². The van der Waals surface area contributed by atoms with Gasteiger partial charge in [0.1, 0.15) is 18.2 Å². The maximum Gasteiger partial charge on any atom is 0.231 e. The average molecular weight is 505 g/mol. The van der Waals surface area contributed by atoms with E-state index in [1.54, 1.807) is 13.3 Å². The van der Waals surface area contributed by atoms with Gasteiger partial charge in [0, 0.05) is 32.4 Å². The van der Waals surface area contributed by atoms with Crippen LogP contribution in [0.4, 0.5) is 5.82 Å². The Morgan fingerprint density at radius 2 is 1.86 bits per heavy atom. The zero-order valence-electron chi connectivity index (χ0n) is 22.3. The number of primary amides is 1. The smallest absolute Gasteiger partial charge is 0.231 e. The van der Waals surface area contributed by atoms with E-state index in [1.807, 2.05) is 19.1 Å². The number of aromatic nitrogens is 3. The van der Waals surface area contributed by atoms with E-state index in [-0.39, 0.29) is 12.5 Å². The number of aryl methyl sites for hydroxylation is 2. The first-order valence-electron chi connectivity index (χ1n) is 12.6. The molecule has 1 aliphatic rings. The highest BCUT2D eigenvalue weighted by Gasteiger charge is 2.25. The van der Waals surface area contributed by atoms with Crippen LogP contribution >= 0.6 is 0 Å². The normalized spacial score (nSPS) is 14.2. The second kappa shape index (κ2) is 11.6. The lowest BCUT2D eigenvalue weighted by molar-refractivity contribution is -0.119. The molecule has 2 N–H and O–H groups in total. The predicted molar refractivity (Wildman–Crippen MR) is 144 cm³/mol. The van der Waals surface area contributed by atoms with Gasteiger partial charge in [-0.1, -0.05) is 26.0 Å². The van der Waals surface area contributed by atoms with Gasteiger partial charge < -0.3 is 20.1 Å². The molecule has 1 fully saturated rings. The van der Waals surface area contributed by atoms with E-state index in [0.29, 0.717) is 50.4 Å². The van der Waals surface area contributed by atoms with E-state index in [9.17, 15) is 4.79 Å².